The lowest BCUT2D eigenvalue weighted by Gasteiger charge is -2.22. The van der Waals surface area contributed by atoms with Crippen LogP contribution in [0, 0.1) is 6.92 Å². The van der Waals surface area contributed by atoms with Gasteiger partial charge in [-0.2, -0.15) is 0 Å². The van der Waals surface area contributed by atoms with Crippen LogP contribution in [-0.2, 0) is 0 Å². The van der Waals surface area contributed by atoms with E-state index in [1.54, 1.807) is 11.3 Å². The molecule has 1 heterocycles. The number of aliphatic hydroxyl groups is 1. The van der Waals surface area contributed by atoms with Gasteiger partial charge < -0.3 is 5.11 Å². The highest BCUT2D eigenvalue weighted by Gasteiger charge is 2.24. The number of hydrogen-bond donors (Lipinski definition) is 1. The van der Waals surface area contributed by atoms with Crippen LogP contribution in [-0.4, -0.2) is 10.1 Å². The van der Waals surface area contributed by atoms with Gasteiger partial charge in [-0.15, -0.1) is 11.3 Å². The number of rotatable bonds is 2. The van der Waals surface area contributed by atoms with Gasteiger partial charge in [-0.1, -0.05) is 6.42 Å². The molecule has 0 spiro atoms. The fourth-order valence-electron chi connectivity index (χ4n) is 1.65. The van der Waals surface area contributed by atoms with E-state index >= 15 is 0 Å². The summed E-state index contributed by atoms with van der Waals surface area (Å²) in [6.45, 7) is 3.80. The average molecular weight is 197 g/mol. The third-order valence-electron chi connectivity index (χ3n) is 2.68. The van der Waals surface area contributed by atoms with E-state index in [0.717, 1.165) is 10.6 Å². The molecule has 3 heteroatoms. The van der Waals surface area contributed by atoms with Crippen molar-refractivity contribution in [3.63, 3.8) is 0 Å². The van der Waals surface area contributed by atoms with Gasteiger partial charge in [-0.3, -0.25) is 0 Å². The summed E-state index contributed by atoms with van der Waals surface area (Å²) in [5.74, 6) is 0.691. The fraction of sp³-hybridized carbons (Fsp3) is 0.700. The molecule has 0 amide bonds. The third-order valence-corrected chi connectivity index (χ3v) is 4.17. The molecular formula is C10H15NOS. The molecule has 1 unspecified atom stereocenters. The van der Waals surface area contributed by atoms with Gasteiger partial charge in [0.2, 0.25) is 0 Å². The van der Waals surface area contributed by atoms with Crippen molar-refractivity contribution in [2.45, 2.75) is 45.1 Å². The molecule has 1 aromatic rings. The standard InChI is InChI=1S/C10H15NOS/c1-6-9(7(2)12)13-10(11-6)8-4-3-5-8/h7-8,12H,3-5H2,1-2H3. The molecule has 2 rings (SSSR count). The minimum atomic E-state index is -0.355. The van der Waals surface area contributed by atoms with Gasteiger partial charge in [-0.05, 0) is 26.7 Å². The lowest BCUT2D eigenvalue weighted by atomic mass is 9.86. The molecule has 13 heavy (non-hydrogen) atoms. The minimum Gasteiger partial charge on any atom is -0.388 e. The lowest BCUT2D eigenvalue weighted by molar-refractivity contribution is 0.202. The molecule has 1 N–H and O–H groups in total. The molecular weight excluding hydrogens is 182 g/mol. The Labute approximate surface area is 82.6 Å². The van der Waals surface area contributed by atoms with Crippen LogP contribution in [0.1, 0.15) is 53.8 Å². The van der Waals surface area contributed by atoms with Crippen molar-refractivity contribution in [1.29, 1.82) is 0 Å². The quantitative estimate of drug-likeness (QED) is 0.790. The van der Waals surface area contributed by atoms with Crippen LogP contribution >= 0.6 is 11.3 Å². The molecule has 72 valence electrons. The molecule has 0 aliphatic heterocycles. The maximum Gasteiger partial charge on any atom is 0.0962 e. The van der Waals surface area contributed by atoms with Gasteiger partial charge in [-0.25, -0.2) is 4.98 Å². The molecule has 1 aliphatic rings. The summed E-state index contributed by atoms with van der Waals surface area (Å²) in [6, 6.07) is 0. The van der Waals surface area contributed by atoms with E-state index in [-0.39, 0.29) is 6.10 Å². The second-order valence-corrected chi connectivity index (χ2v) is 4.87. The number of thiazole rings is 1. The maximum atomic E-state index is 9.46. The Morgan fingerprint density at radius 2 is 2.23 bits per heavy atom. The van der Waals surface area contributed by atoms with Crippen molar-refractivity contribution in [3.05, 3.63) is 15.6 Å². The Kier molecular flexibility index (Phi) is 2.39. The molecule has 1 saturated carbocycles. The minimum absolute atomic E-state index is 0.355. The van der Waals surface area contributed by atoms with Gasteiger partial charge in [0, 0.05) is 5.92 Å². The van der Waals surface area contributed by atoms with Crippen LogP contribution in [0.2, 0.25) is 0 Å². The second-order valence-electron chi connectivity index (χ2n) is 3.81. The Balaban J connectivity index is 2.23. The Morgan fingerprint density at radius 1 is 1.54 bits per heavy atom. The summed E-state index contributed by atoms with van der Waals surface area (Å²) in [4.78, 5) is 5.56. The van der Waals surface area contributed by atoms with E-state index in [2.05, 4.69) is 4.98 Å². The number of aromatic nitrogens is 1. The van der Waals surface area contributed by atoms with Crippen LogP contribution < -0.4 is 0 Å². The van der Waals surface area contributed by atoms with Crippen LogP contribution in [0.25, 0.3) is 0 Å². The predicted molar refractivity (Wildman–Crippen MR) is 54.1 cm³/mol. The first kappa shape index (κ1) is 9.16. The lowest BCUT2D eigenvalue weighted by Crippen LogP contribution is -2.07. The highest BCUT2D eigenvalue weighted by molar-refractivity contribution is 7.11. The first-order chi connectivity index (χ1) is 6.18. The number of aliphatic hydroxyl groups excluding tert-OH is 1. The molecule has 0 bridgehead atoms. The van der Waals surface area contributed by atoms with Crippen molar-refractivity contribution in [1.82, 2.24) is 4.98 Å². The zero-order valence-corrected chi connectivity index (χ0v) is 8.90. The van der Waals surface area contributed by atoms with E-state index in [1.165, 1.54) is 24.3 Å². The SMILES string of the molecule is Cc1nc(C2CCC2)sc1C(C)O. The van der Waals surface area contributed by atoms with E-state index in [0.29, 0.717) is 5.92 Å². The summed E-state index contributed by atoms with van der Waals surface area (Å²) in [6.07, 6.45) is 3.55. The number of nitrogens with zero attached hydrogens (tertiary/aromatic N) is 1. The molecule has 1 fully saturated rings. The number of aryl methyl sites for hydroxylation is 1. The smallest absolute Gasteiger partial charge is 0.0962 e. The topological polar surface area (TPSA) is 33.1 Å². The Bertz CT molecular complexity index is 302. The fourth-order valence-corrected chi connectivity index (χ4v) is 2.82. The average Bonchev–Trinajstić information content (AvgIpc) is 2.27. The van der Waals surface area contributed by atoms with Gasteiger partial charge in [0.25, 0.3) is 0 Å². The van der Waals surface area contributed by atoms with Crippen LogP contribution in [0.3, 0.4) is 0 Å². The molecule has 2 nitrogen and oxygen atoms in total. The third kappa shape index (κ3) is 1.63. The van der Waals surface area contributed by atoms with E-state index in [4.69, 9.17) is 0 Å². The molecule has 1 aromatic heterocycles. The zero-order valence-electron chi connectivity index (χ0n) is 8.08. The van der Waals surface area contributed by atoms with Gasteiger partial charge in [0.15, 0.2) is 0 Å². The van der Waals surface area contributed by atoms with Gasteiger partial charge in [0.1, 0.15) is 0 Å². The molecule has 0 saturated heterocycles. The van der Waals surface area contributed by atoms with Crippen LogP contribution in [0.4, 0.5) is 0 Å². The molecule has 1 atom stereocenters. The summed E-state index contributed by atoms with van der Waals surface area (Å²) in [7, 11) is 0. The van der Waals surface area contributed by atoms with E-state index in [1.807, 2.05) is 13.8 Å². The molecule has 1 aliphatic carbocycles. The second kappa shape index (κ2) is 3.39. The first-order valence-corrected chi connectivity index (χ1v) is 5.65. The van der Waals surface area contributed by atoms with Crippen molar-refractivity contribution >= 4 is 11.3 Å². The Morgan fingerprint density at radius 3 is 2.62 bits per heavy atom. The van der Waals surface area contributed by atoms with Crippen molar-refractivity contribution in [2.75, 3.05) is 0 Å². The first-order valence-electron chi connectivity index (χ1n) is 4.83. The molecule has 0 aromatic carbocycles. The monoisotopic (exact) mass is 197 g/mol. The largest absolute Gasteiger partial charge is 0.388 e. The summed E-state index contributed by atoms with van der Waals surface area (Å²) in [5, 5.41) is 10.7. The molecule has 0 radical (unpaired) electrons. The van der Waals surface area contributed by atoms with Crippen molar-refractivity contribution in [2.24, 2.45) is 0 Å². The normalized spacial score (nSPS) is 19.9. The summed E-state index contributed by atoms with van der Waals surface area (Å²) < 4.78 is 0. The predicted octanol–water partition coefficient (Wildman–Crippen LogP) is 2.77. The van der Waals surface area contributed by atoms with E-state index in [9.17, 15) is 5.11 Å². The number of hydrogen-bond acceptors (Lipinski definition) is 3. The van der Waals surface area contributed by atoms with Crippen molar-refractivity contribution in [3.8, 4) is 0 Å². The summed E-state index contributed by atoms with van der Waals surface area (Å²) in [5.41, 5.74) is 1.02. The van der Waals surface area contributed by atoms with Crippen LogP contribution in [0.5, 0.6) is 0 Å². The zero-order chi connectivity index (χ0) is 9.42. The van der Waals surface area contributed by atoms with E-state index < -0.39 is 0 Å². The van der Waals surface area contributed by atoms with Crippen molar-refractivity contribution < 1.29 is 5.11 Å². The highest BCUT2D eigenvalue weighted by atomic mass is 32.1. The maximum absolute atomic E-state index is 9.46. The highest BCUT2D eigenvalue weighted by Crippen LogP contribution is 2.40. The summed E-state index contributed by atoms with van der Waals surface area (Å²) >= 11 is 1.69. The van der Waals surface area contributed by atoms with Gasteiger partial charge in [0.05, 0.1) is 21.7 Å². The van der Waals surface area contributed by atoms with Crippen LogP contribution in [0.15, 0.2) is 0 Å². The van der Waals surface area contributed by atoms with Gasteiger partial charge >= 0.3 is 0 Å². The Hall–Kier alpha value is -0.410.